The summed E-state index contributed by atoms with van der Waals surface area (Å²) in [6.45, 7) is 2.79. The first-order valence-electron chi connectivity index (χ1n) is 5.71. The van der Waals surface area contributed by atoms with Crippen molar-refractivity contribution in [2.45, 2.75) is 25.8 Å². The largest absolute Gasteiger partial charge is 0.369 e. The lowest BCUT2D eigenvalue weighted by atomic mass is 9.92. The molecule has 1 aliphatic heterocycles. The quantitative estimate of drug-likeness (QED) is 0.832. The molecule has 2 rings (SSSR count). The van der Waals surface area contributed by atoms with E-state index in [1.165, 1.54) is 11.3 Å². The first kappa shape index (κ1) is 12.1. The highest BCUT2D eigenvalue weighted by atomic mass is 32.1. The smallest absolute Gasteiger partial charge is 0.222 e. The highest BCUT2D eigenvalue weighted by Crippen LogP contribution is 2.30. The summed E-state index contributed by atoms with van der Waals surface area (Å²) in [5.74, 6) is -0.307. The molecule has 17 heavy (non-hydrogen) atoms. The first-order valence-corrected chi connectivity index (χ1v) is 6.59. The molecule has 1 aliphatic rings. The van der Waals surface area contributed by atoms with E-state index >= 15 is 0 Å². The molecule has 0 aromatic carbocycles. The molecule has 1 fully saturated rings. The van der Waals surface area contributed by atoms with Gasteiger partial charge in [0.2, 0.25) is 5.91 Å². The molecule has 2 N–H and O–H groups in total. The standard InChI is InChI=1S/C12H16N2O2S/c1-8-2-3-9(12(13)16)5-14(8)10-4-11(6-15)17-7-10/h4,6-9H,2-3,5H2,1H3,(H2,13,16). The molecule has 0 radical (unpaired) electrons. The minimum absolute atomic E-state index is 0.0780. The van der Waals surface area contributed by atoms with Gasteiger partial charge >= 0.3 is 0 Å². The summed E-state index contributed by atoms with van der Waals surface area (Å²) in [5, 5.41) is 1.96. The Bertz CT molecular complexity index is 430. The fourth-order valence-electron chi connectivity index (χ4n) is 2.25. The van der Waals surface area contributed by atoms with Gasteiger partial charge in [0.15, 0.2) is 6.29 Å². The topological polar surface area (TPSA) is 63.4 Å². The number of hydrogen-bond acceptors (Lipinski definition) is 4. The summed E-state index contributed by atoms with van der Waals surface area (Å²) in [4.78, 5) is 24.8. The van der Waals surface area contributed by atoms with Crippen LogP contribution in [0.5, 0.6) is 0 Å². The summed E-state index contributed by atoms with van der Waals surface area (Å²) in [7, 11) is 0. The monoisotopic (exact) mass is 252 g/mol. The van der Waals surface area contributed by atoms with Gasteiger partial charge in [0, 0.05) is 23.7 Å². The number of nitrogens with two attached hydrogens (primary N) is 1. The van der Waals surface area contributed by atoms with E-state index in [1.807, 2.05) is 11.4 Å². The maximum Gasteiger partial charge on any atom is 0.222 e. The van der Waals surface area contributed by atoms with Gasteiger partial charge in [0.05, 0.1) is 10.8 Å². The lowest BCUT2D eigenvalue weighted by molar-refractivity contribution is -0.122. The zero-order chi connectivity index (χ0) is 12.4. The van der Waals surface area contributed by atoms with Crippen LogP contribution < -0.4 is 10.6 Å². The molecule has 2 unspecified atom stereocenters. The van der Waals surface area contributed by atoms with Gasteiger partial charge in [-0.15, -0.1) is 11.3 Å². The Kier molecular flexibility index (Phi) is 3.47. The number of piperidine rings is 1. The molecule has 1 aromatic heterocycles. The molecular weight excluding hydrogens is 236 g/mol. The molecule has 5 heteroatoms. The third-order valence-corrected chi connectivity index (χ3v) is 4.18. The summed E-state index contributed by atoms with van der Waals surface area (Å²) < 4.78 is 0. The Balaban J connectivity index is 2.17. The number of hydrogen-bond donors (Lipinski definition) is 1. The minimum atomic E-state index is -0.229. The minimum Gasteiger partial charge on any atom is -0.369 e. The maximum absolute atomic E-state index is 11.2. The second-order valence-corrected chi connectivity index (χ2v) is 5.45. The second kappa shape index (κ2) is 4.87. The van der Waals surface area contributed by atoms with Crippen molar-refractivity contribution in [3.05, 3.63) is 16.3 Å². The number of nitrogens with zero attached hydrogens (tertiary/aromatic N) is 1. The fraction of sp³-hybridized carbons (Fsp3) is 0.500. The lowest BCUT2D eigenvalue weighted by Gasteiger charge is -2.38. The Hall–Kier alpha value is -1.36. The highest BCUT2D eigenvalue weighted by molar-refractivity contribution is 7.12. The Morgan fingerprint density at radius 2 is 2.35 bits per heavy atom. The molecule has 2 heterocycles. The van der Waals surface area contributed by atoms with Gasteiger partial charge in [-0.2, -0.15) is 0 Å². The summed E-state index contributed by atoms with van der Waals surface area (Å²) in [6, 6.07) is 2.26. The lowest BCUT2D eigenvalue weighted by Crippen LogP contribution is -2.45. The zero-order valence-corrected chi connectivity index (χ0v) is 10.6. The van der Waals surface area contributed by atoms with E-state index < -0.39 is 0 Å². The fourth-order valence-corrected chi connectivity index (χ4v) is 2.96. The van der Waals surface area contributed by atoms with Gasteiger partial charge in [-0.05, 0) is 25.8 Å². The number of amides is 1. The van der Waals surface area contributed by atoms with E-state index in [1.54, 1.807) is 0 Å². The molecule has 92 valence electrons. The van der Waals surface area contributed by atoms with Gasteiger partial charge in [0.25, 0.3) is 0 Å². The second-order valence-electron chi connectivity index (χ2n) is 4.50. The van der Waals surface area contributed by atoms with Crippen LogP contribution in [-0.4, -0.2) is 24.8 Å². The van der Waals surface area contributed by atoms with E-state index in [2.05, 4.69) is 11.8 Å². The van der Waals surface area contributed by atoms with Crippen LogP contribution in [0.15, 0.2) is 11.4 Å². The summed E-state index contributed by atoms with van der Waals surface area (Å²) in [6.07, 6.45) is 2.67. The Labute approximate surface area is 104 Å². The van der Waals surface area contributed by atoms with Crippen LogP contribution in [0.4, 0.5) is 5.69 Å². The summed E-state index contributed by atoms with van der Waals surface area (Å²) in [5.41, 5.74) is 6.39. The van der Waals surface area contributed by atoms with Crippen LogP contribution in [0.2, 0.25) is 0 Å². The Morgan fingerprint density at radius 1 is 1.59 bits per heavy atom. The van der Waals surface area contributed by atoms with E-state index in [4.69, 9.17) is 5.73 Å². The number of carbonyl (C=O) groups excluding carboxylic acids is 2. The number of anilines is 1. The Morgan fingerprint density at radius 3 is 2.94 bits per heavy atom. The number of primary amides is 1. The van der Waals surface area contributed by atoms with Crippen molar-refractivity contribution in [3.63, 3.8) is 0 Å². The average Bonchev–Trinajstić information content (AvgIpc) is 2.77. The van der Waals surface area contributed by atoms with Crippen LogP contribution in [0, 0.1) is 5.92 Å². The van der Waals surface area contributed by atoms with Crippen molar-refractivity contribution in [1.82, 2.24) is 0 Å². The van der Waals surface area contributed by atoms with E-state index in [0.29, 0.717) is 17.5 Å². The van der Waals surface area contributed by atoms with Crippen molar-refractivity contribution in [2.24, 2.45) is 11.7 Å². The van der Waals surface area contributed by atoms with E-state index in [9.17, 15) is 9.59 Å². The maximum atomic E-state index is 11.2. The highest BCUT2D eigenvalue weighted by Gasteiger charge is 2.29. The van der Waals surface area contributed by atoms with E-state index in [0.717, 1.165) is 24.8 Å². The average molecular weight is 252 g/mol. The van der Waals surface area contributed by atoms with Crippen molar-refractivity contribution in [1.29, 1.82) is 0 Å². The zero-order valence-electron chi connectivity index (χ0n) is 9.76. The van der Waals surface area contributed by atoms with Crippen LogP contribution >= 0.6 is 11.3 Å². The van der Waals surface area contributed by atoms with Crippen LogP contribution in [0.1, 0.15) is 29.4 Å². The molecule has 0 spiro atoms. The van der Waals surface area contributed by atoms with Gasteiger partial charge < -0.3 is 10.6 Å². The SMILES string of the molecule is CC1CCC(C(N)=O)CN1c1csc(C=O)c1. The van der Waals surface area contributed by atoms with Crippen LogP contribution in [0.25, 0.3) is 0 Å². The predicted molar refractivity (Wildman–Crippen MR) is 68.4 cm³/mol. The molecular formula is C12H16N2O2S. The molecule has 4 nitrogen and oxygen atoms in total. The number of aldehydes is 1. The van der Waals surface area contributed by atoms with Gasteiger partial charge in [-0.3, -0.25) is 9.59 Å². The summed E-state index contributed by atoms with van der Waals surface area (Å²) >= 11 is 1.43. The van der Waals surface area contributed by atoms with Crippen LogP contribution in [-0.2, 0) is 4.79 Å². The molecule has 2 atom stereocenters. The van der Waals surface area contributed by atoms with Crippen molar-refractivity contribution < 1.29 is 9.59 Å². The third-order valence-electron chi connectivity index (χ3n) is 3.34. The van der Waals surface area contributed by atoms with Crippen molar-refractivity contribution in [3.8, 4) is 0 Å². The molecule has 1 aromatic rings. The number of thiophene rings is 1. The number of rotatable bonds is 3. The van der Waals surface area contributed by atoms with Gasteiger partial charge in [-0.1, -0.05) is 0 Å². The van der Waals surface area contributed by atoms with Crippen molar-refractivity contribution >= 4 is 29.2 Å². The molecule has 0 bridgehead atoms. The predicted octanol–water partition coefficient (Wildman–Crippen LogP) is 1.65. The van der Waals surface area contributed by atoms with Gasteiger partial charge in [-0.25, -0.2) is 0 Å². The molecule has 0 aliphatic carbocycles. The molecule has 0 saturated carbocycles. The number of carbonyl (C=O) groups is 2. The van der Waals surface area contributed by atoms with E-state index in [-0.39, 0.29) is 11.8 Å². The van der Waals surface area contributed by atoms with Crippen molar-refractivity contribution in [2.75, 3.05) is 11.4 Å². The third kappa shape index (κ3) is 2.49. The molecule has 1 amide bonds. The molecule has 1 saturated heterocycles. The normalized spacial score (nSPS) is 24.6. The van der Waals surface area contributed by atoms with Gasteiger partial charge in [0.1, 0.15) is 0 Å². The van der Waals surface area contributed by atoms with Crippen LogP contribution in [0.3, 0.4) is 0 Å². The first-order chi connectivity index (χ1) is 8.11.